The second kappa shape index (κ2) is 4.27. The zero-order valence-corrected chi connectivity index (χ0v) is 9.87. The van der Waals surface area contributed by atoms with Gasteiger partial charge < -0.3 is 9.47 Å². The van der Waals surface area contributed by atoms with Crippen molar-refractivity contribution >= 4 is 11.6 Å². The van der Waals surface area contributed by atoms with E-state index < -0.39 is 0 Å². The molecule has 0 spiro atoms. The highest BCUT2D eigenvalue weighted by Gasteiger charge is 2.23. The van der Waals surface area contributed by atoms with Gasteiger partial charge in [0.1, 0.15) is 5.75 Å². The Kier molecular flexibility index (Phi) is 2.78. The highest BCUT2D eigenvalue weighted by atomic mass is 35.5. The molecular formula is C13H15ClO2. The van der Waals surface area contributed by atoms with Crippen molar-refractivity contribution < 1.29 is 9.47 Å². The van der Waals surface area contributed by atoms with Gasteiger partial charge in [-0.1, -0.05) is 6.07 Å². The Morgan fingerprint density at radius 1 is 1.25 bits per heavy atom. The summed E-state index contributed by atoms with van der Waals surface area (Å²) >= 11 is 6.17. The van der Waals surface area contributed by atoms with E-state index in [1.807, 2.05) is 0 Å². The van der Waals surface area contributed by atoms with Crippen LogP contribution in [0.2, 0.25) is 0 Å². The van der Waals surface area contributed by atoms with E-state index in [1.54, 1.807) is 0 Å². The van der Waals surface area contributed by atoms with Gasteiger partial charge in [-0.05, 0) is 36.1 Å². The molecule has 2 aliphatic heterocycles. The normalized spacial score (nSPS) is 28.6. The summed E-state index contributed by atoms with van der Waals surface area (Å²) in [5.74, 6) is 1.03. The van der Waals surface area contributed by atoms with Gasteiger partial charge in [-0.3, -0.25) is 0 Å². The number of halogens is 1. The molecule has 2 unspecified atom stereocenters. The van der Waals surface area contributed by atoms with Crippen molar-refractivity contribution in [2.75, 3.05) is 13.2 Å². The fourth-order valence-electron chi connectivity index (χ4n) is 2.40. The molecule has 1 saturated heterocycles. The number of rotatable bonds is 1. The molecule has 86 valence electrons. The Balaban J connectivity index is 1.83. The topological polar surface area (TPSA) is 18.5 Å². The first-order chi connectivity index (χ1) is 7.83. The number of hydrogen-bond acceptors (Lipinski definition) is 2. The van der Waals surface area contributed by atoms with Crippen molar-refractivity contribution in [3.63, 3.8) is 0 Å². The van der Waals surface area contributed by atoms with Crippen molar-refractivity contribution in [3.8, 4) is 5.75 Å². The minimum Gasteiger partial charge on any atom is -0.493 e. The van der Waals surface area contributed by atoms with E-state index in [0.29, 0.717) is 0 Å². The van der Waals surface area contributed by atoms with E-state index in [2.05, 4.69) is 18.2 Å². The van der Waals surface area contributed by atoms with Crippen LogP contribution in [0.5, 0.6) is 5.75 Å². The molecule has 0 radical (unpaired) electrons. The molecule has 1 aromatic rings. The molecule has 1 fully saturated rings. The number of ether oxygens (including phenoxy) is 2. The zero-order valence-electron chi connectivity index (χ0n) is 9.12. The van der Waals surface area contributed by atoms with Crippen molar-refractivity contribution in [3.05, 3.63) is 29.3 Å². The van der Waals surface area contributed by atoms with E-state index >= 15 is 0 Å². The first kappa shape index (κ1) is 10.4. The quantitative estimate of drug-likeness (QED) is 0.700. The van der Waals surface area contributed by atoms with Gasteiger partial charge in [0.2, 0.25) is 0 Å². The van der Waals surface area contributed by atoms with E-state index in [-0.39, 0.29) is 11.5 Å². The average Bonchev–Trinajstić information content (AvgIpc) is 2.75. The maximum Gasteiger partial charge on any atom is 0.122 e. The summed E-state index contributed by atoms with van der Waals surface area (Å²) in [7, 11) is 0. The van der Waals surface area contributed by atoms with Gasteiger partial charge in [0, 0.05) is 18.4 Å². The lowest BCUT2D eigenvalue weighted by atomic mass is 9.98. The molecule has 3 rings (SSSR count). The van der Waals surface area contributed by atoms with Crippen LogP contribution in [0.3, 0.4) is 0 Å². The van der Waals surface area contributed by atoms with Crippen LogP contribution < -0.4 is 4.74 Å². The van der Waals surface area contributed by atoms with Crippen molar-refractivity contribution in [1.82, 2.24) is 0 Å². The zero-order chi connectivity index (χ0) is 11.0. The van der Waals surface area contributed by atoms with Gasteiger partial charge in [-0.25, -0.2) is 0 Å². The summed E-state index contributed by atoms with van der Waals surface area (Å²) in [5.41, 5.74) is 2.55. The molecule has 0 aromatic heterocycles. The Morgan fingerprint density at radius 3 is 3.06 bits per heavy atom. The van der Waals surface area contributed by atoms with Crippen LogP contribution in [-0.2, 0) is 11.2 Å². The van der Waals surface area contributed by atoms with E-state index in [1.165, 1.54) is 11.1 Å². The lowest BCUT2D eigenvalue weighted by Crippen LogP contribution is -2.19. The third-order valence-electron chi connectivity index (χ3n) is 3.31. The fraction of sp³-hybridized carbons (Fsp3) is 0.538. The van der Waals surface area contributed by atoms with Gasteiger partial charge in [0.15, 0.2) is 0 Å². The second-order valence-corrected chi connectivity index (χ2v) is 5.06. The average molecular weight is 239 g/mol. The molecule has 2 atom stereocenters. The number of hydrogen-bond donors (Lipinski definition) is 0. The number of benzene rings is 1. The van der Waals surface area contributed by atoms with E-state index in [0.717, 1.165) is 38.2 Å². The molecular weight excluding hydrogens is 224 g/mol. The van der Waals surface area contributed by atoms with Crippen molar-refractivity contribution in [2.24, 2.45) is 0 Å². The molecule has 0 N–H and O–H groups in total. The monoisotopic (exact) mass is 238 g/mol. The Morgan fingerprint density at radius 2 is 2.19 bits per heavy atom. The number of fused-ring (bicyclic) bond motifs is 1. The van der Waals surface area contributed by atoms with Crippen LogP contribution in [0.4, 0.5) is 0 Å². The lowest BCUT2D eigenvalue weighted by Gasteiger charge is -2.26. The Hall–Kier alpha value is -0.730. The molecule has 1 aromatic carbocycles. The van der Waals surface area contributed by atoms with Crippen molar-refractivity contribution in [1.29, 1.82) is 0 Å². The summed E-state index contributed by atoms with van der Waals surface area (Å²) in [6.45, 7) is 1.58. The molecule has 16 heavy (non-hydrogen) atoms. The van der Waals surface area contributed by atoms with E-state index in [9.17, 15) is 0 Å². The first-order valence-corrected chi connectivity index (χ1v) is 6.28. The van der Waals surface area contributed by atoms with Gasteiger partial charge in [0.05, 0.1) is 12.7 Å². The molecule has 2 aliphatic rings. The van der Waals surface area contributed by atoms with Crippen molar-refractivity contribution in [2.45, 2.75) is 30.7 Å². The molecule has 2 heterocycles. The first-order valence-electron chi connectivity index (χ1n) is 5.84. The SMILES string of the molecule is ClC1CCOC(c2ccc3c(c2)CCO3)C1. The van der Waals surface area contributed by atoms with Crippen LogP contribution in [0.1, 0.15) is 30.1 Å². The summed E-state index contributed by atoms with van der Waals surface area (Å²) in [5, 5.41) is 0.253. The van der Waals surface area contributed by atoms with Crippen LogP contribution in [0.25, 0.3) is 0 Å². The predicted octanol–water partition coefficient (Wildman–Crippen LogP) is 3.08. The van der Waals surface area contributed by atoms with Gasteiger partial charge >= 0.3 is 0 Å². The second-order valence-electron chi connectivity index (χ2n) is 4.45. The minimum absolute atomic E-state index is 0.169. The molecule has 0 amide bonds. The van der Waals surface area contributed by atoms with E-state index in [4.69, 9.17) is 21.1 Å². The highest BCUT2D eigenvalue weighted by molar-refractivity contribution is 6.20. The maximum atomic E-state index is 6.17. The Bertz CT molecular complexity index is 392. The van der Waals surface area contributed by atoms with Crippen LogP contribution in [0, 0.1) is 0 Å². The third kappa shape index (κ3) is 1.92. The summed E-state index contributed by atoms with van der Waals surface area (Å²) in [4.78, 5) is 0. The maximum absolute atomic E-state index is 6.17. The summed E-state index contributed by atoms with van der Waals surface area (Å²) < 4.78 is 11.3. The largest absolute Gasteiger partial charge is 0.493 e. The summed E-state index contributed by atoms with van der Waals surface area (Å²) in [6.07, 6.45) is 3.06. The molecule has 0 aliphatic carbocycles. The van der Waals surface area contributed by atoms with Crippen LogP contribution in [-0.4, -0.2) is 18.6 Å². The fourth-order valence-corrected chi connectivity index (χ4v) is 2.65. The van der Waals surface area contributed by atoms with Gasteiger partial charge in [-0.2, -0.15) is 0 Å². The standard InChI is InChI=1S/C13H15ClO2/c14-11-4-6-16-13(8-11)9-1-2-12-10(7-9)3-5-15-12/h1-2,7,11,13H,3-6,8H2. The molecule has 3 heteroatoms. The molecule has 0 saturated carbocycles. The van der Waals surface area contributed by atoms with Gasteiger partial charge in [0.25, 0.3) is 0 Å². The highest BCUT2D eigenvalue weighted by Crippen LogP contribution is 2.34. The minimum atomic E-state index is 0.169. The van der Waals surface area contributed by atoms with Crippen LogP contribution >= 0.6 is 11.6 Å². The third-order valence-corrected chi connectivity index (χ3v) is 3.70. The number of alkyl halides is 1. The predicted molar refractivity (Wildman–Crippen MR) is 63.2 cm³/mol. The lowest BCUT2D eigenvalue weighted by molar-refractivity contribution is 0.0168. The Labute approximate surface area is 101 Å². The summed E-state index contributed by atoms with van der Waals surface area (Å²) in [6, 6.07) is 6.37. The smallest absolute Gasteiger partial charge is 0.122 e. The van der Waals surface area contributed by atoms with Gasteiger partial charge in [-0.15, -0.1) is 11.6 Å². The molecule has 2 nitrogen and oxygen atoms in total. The molecule has 0 bridgehead atoms. The van der Waals surface area contributed by atoms with Crippen LogP contribution in [0.15, 0.2) is 18.2 Å².